The summed E-state index contributed by atoms with van der Waals surface area (Å²) in [5.41, 5.74) is -0.382. The summed E-state index contributed by atoms with van der Waals surface area (Å²) in [6.07, 6.45) is 2.31. The Morgan fingerprint density at radius 2 is 1.88 bits per heavy atom. The SMILES string of the molecule is CC(C)[C@@H]1CC[C@@H](C)C[C@@]1(O)C(=O)NCC(=O)NCc1ccccc1. The van der Waals surface area contributed by atoms with Gasteiger partial charge in [0.2, 0.25) is 5.91 Å². The Morgan fingerprint density at radius 1 is 1.20 bits per heavy atom. The number of hydrogen-bond donors (Lipinski definition) is 3. The Balaban J connectivity index is 1.88. The summed E-state index contributed by atoms with van der Waals surface area (Å²) in [5, 5.41) is 16.4. The van der Waals surface area contributed by atoms with Crippen LogP contribution in [0.2, 0.25) is 0 Å². The monoisotopic (exact) mass is 346 g/mol. The normalized spacial score (nSPS) is 26.3. The minimum Gasteiger partial charge on any atom is -0.380 e. The van der Waals surface area contributed by atoms with Crippen molar-refractivity contribution >= 4 is 11.8 Å². The molecule has 1 aliphatic carbocycles. The van der Waals surface area contributed by atoms with E-state index in [0.717, 1.165) is 18.4 Å². The van der Waals surface area contributed by atoms with Gasteiger partial charge in [0.25, 0.3) is 5.91 Å². The van der Waals surface area contributed by atoms with Crippen molar-refractivity contribution in [2.75, 3.05) is 6.54 Å². The number of nitrogens with one attached hydrogen (secondary N) is 2. The molecule has 1 aromatic carbocycles. The second kappa shape index (κ2) is 8.48. The van der Waals surface area contributed by atoms with E-state index in [1.165, 1.54) is 0 Å². The highest BCUT2D eigenvalue weighted by molar-refractivity contribution is 5.89. The van der Waals surface area contributed by atoms with E-state index in [2.05, 4.69) is 17.6 Å². The molecule has 0 aliphatic heterocycles. The standard InChI is InChI=1S/C20H30N2O3/c1-14(2)17-10-9-15(3)11-20(17,25)19(24)22-13-18(23)21-12-16-7-5-4-6-8-16/h4-8,14-15,17,25H,9-13H2,1-3H3,(H,21,23)(H,22,24)/t15-,17+,20+/m1/s1. The Hall–Kier alpha value is -1.88. The number of carbonyl (C=O) groups is 2. The van der Waals surface area contributed by atoms with Gasteiger partial charge in [0.05, 0.1) is 6.54 Å². The van der Waals surface area contributed by atoms with Gasteiger partial charge in [-0.1, -0.05) is 57.5 Å². The molecule has 2 rings (SSSR count). The van der Waals surface area contributed by atoms with Crippen molar-refractivity contribution in [3.63, 3.8) is 0 Å². The van der Waals surface area contributed by atoms with Gasteiger partial charge in [-0.25, -0.2) is 0 Å². The lowest BCUT2D eigenvalue weighted by molar-refractivity contribution is -0.156. The molecule has 3 atom stereocenters. The van der Waals surface area contributed by atoms with Crippen LogP contribution in [0.1, 0.15) is 45.6 Å². The van der Waals surface area contributed by atoms with E-state index in [0.29, 0.717) is 18.9 Å². The van der Waals surface area contributed by atoms with Crippen LogP contribution >= 0.6 is 0 Å². The molecule has 5 nitrogen and oxygen atoms in total. The van der Waals surface area contributed by atoms with Crippen molar-refractivity contribution in [3.8, 4) is 0 Å². The second-order valence-corrected chi connectivity index (χ2v) is 7.61. The smallest absolute Gasteiger partial charge is 0.252 e. The molecule has 0 saturated heterocycles. The minimum absolute atomic E-state index is 0.0731. The Morgan fingerprint density at radius 3 is 2.52 bits per heavy atom. The van der Waals surface area contributed by atoms with Gasteiger partial charge in [-0.05, 0) is 36.2 Å². The van der Waals surface area contributed by atoms with Crippen LogP contribution in [0.15, 0.2) is 30.3 Å². The van der Waals surface area contributed by atoms with Gasteiger partial charge in [-0.2, -0.15) is 0 Å². The van der Waals surface area contributed by atoms with E-state index >= 15 is 0 Å². The third-order valence-corrected chi connectivity index (χ3v) is 5.18. The number of amides is 2. The molecule has 0 radical (unpaired) electrons. The highest BCUT2D eigenvalue weighted by Gasteiger charge is 2.48. The van der Waals surface area contributed by atoms with Crippen molar-refractivity contribution in [2.24, 2.45) is 17.8 Å². The van der Waals surface area contributed by atoms with Gasteiger partial charge in [-0.3, -0.25) is 9.59 Å². The summed E-state index contributed by atoms with van der Waals surface area (Å²) in [5.74, 6) is -0.234. The van der Waals surface area contributed by atoms with Gasteiger partial charge in [-0.15, -0.1) is 0 Å². The van der Waals surface area contributed by atoms with Crippen LogP contribution < -0.4 is 10.6 Å². The van der Waals surface area contributed by atoms with E-state index in [-0.39, 0.29) is 24.3 Å². The zero-order chi connectivity index (χ0) is 18.4. The molecule has 0 spiro atoms. The summed E-state index contributed by atoms with van der Waals surface area (Å²) in [4.78, 5) is 24.6. The molecule has 138 valence electrons. The first-order valence-electron chi connectivity index (χ1n) is 9.14. The highest BCUT2D eigenvalue weighted by atomic mass is 16.3. The molecular weight excluding hydrogens is 316 g/mol. The summed E-state index contributed by atoms with van der Waals surface area (Å²) in [6, 6.07) is 9.60. The summed E-state index contributed by atoms with van der Waals surface area (Å²) in [7, 11) is 0. The predicted molar refractivity (Wildman–Crippen MR) is 97.6 cm³/mol. The fourth-order valence-corrected chi connectivity index (χ4v) is 3.81. The van der Waals surface area contributed by atoms with Crippen LogP contribution in [0, 0.1) is 17.8 Å². The fraction of sp³-hybridized carbons (Fsp3) is 0.600. The zero-order valence-corrected chi connectivity index (χ0v) is 15.4. The quantitative estimate of drug-likeness (QED) is 0.739. The lowest BCUT2D eigenvalue weighted by Gasteiger charge is -2.43. The molecule has 1 fully saturated rings. The average molecular weight is 346 g/mol. The van der Waals surface area contributed by atoms with Crippen molar-refractivity contribution < 1.29 is 14.7 Å². The molecule has 1 aromatic rings. The van der Waals surface area contributed by atoms with Crippen LogP contribution in [-0.4, -0.2) is 29.1 Å². The molecule has 0 aromatic heterocycles. The van der Waals surface area contributed by atoms with Crippen LogP contribution in [0.3, 0.4) is 0 Å². The molecule has 25 heavy (non-hydrogen) atoms. The summed E-state index contributed by atoms with van der Waals surface area (Å²) in [6.45, 7) is 6.43. The summed E-state index contributed by atoms with van der Waals surface area (Å²) >= 11 is 0. The maximum atomic E-state index is 12.6. The maximum absolute atomic E-state index is 12.6. The molecule has 1 saturated carbocycles. The predicted octanol–water partition coefficient (Wildman–Crippen LogP) is 2.24. The molecule has 0 bridgehead atoms. The Bertz CT molecular complexity index is 588. The van der Waals surface area contributed by atoms with Crippen molar-refractivity contribution in [3.05, 3.63) is 35.9 Å². The van der Waals surface area contributed by atoms with Gasteiger partial charge in [0, 0.05) is 6.54 Å². The van der Waals surface area contributed by atoms with Gasteiger partial charge in [0.1, 0.15) is 5.60 Å². The topological polar surface area (TPSA) is 78.4 Å². The zero-order valence-electron chi connectivity index (χ0n) is 15.4. The fourth-order valence-electron chi connectivity index (χ4n) is 3.81. The third kappa shape index (κ3) is 5.05. The number of benzene rings is 1. The van der Waals surface area contributed by atoms with E-state index in [1.807, 2.05) is 44.2 Å². The Labute approximate surface area is 150 Å². The highest BCUT2D eigenvalue weighted by Crippen LogP contribution is 2.41. The minimum atomic E-state index is -1.38. The second-order valence-electron chi connectivity index (χ2n) is 7.61. The largest absolute Gasteiger partial charge is 0.380 e. The van der Waals surface area contributed by atoms with Crippen molar-refractivity contribution in [1.82, 2.24) is 10.6 Å². The number of aliphatic hydroxyl groups is 1. The molecule has 0 heterocycles. The number of carbonyl (C=O) groups excluding carboxylic acids is 2. The molecule has 2 amide bonds. The van der Waals surface area contributed by atoms with Crippen LogP contribution in [0.5, 0.6) is 0 Å². The average Bonchev–Trinajstić information content (AvgIpc) is 2.58. The van der Waals surface area contributed by atoms with Crippen LogP contribution in [-0.2, 0) is 16.1 Å². The van der Waals surface area contributed by atoms with Crippen LogP contribution in [0.4, 0.5) is 0 Å². The van der Waals surface area contributed by atoms with E-state index in [9.17, 15) is 14.7 Å². The molecular formula is C20H30N2O3. The number of rotatable bonds is 6. The first kappa shape index (κ1) is 19.4. The van der Waals surface area contributed by atoms with Gasteiger partial charge >= 0.3 is 0 Å². The van der Waals surface area contributed by atoms with Gasteiger partial charge in [0.15, 0.2) is 0 Å². The lowest BCUT2D eigenvalue weighted by Crippen LogP contribution is -2.57. The molecule has 3 N–H and O–H groups in total. The van der Waals surface area contributed by atoms with E-state index in [4.69, 9.17) is 0 Å². The molecule has 0 unspecified atom stereocenters. The van der Waals surface area contributed by atoms with E-state index < -0.39 is 11.5 Å². The van der Waals surface area contributed by atoms with Crippen molar-refractivity contribution in [1.29, 1.82) is 0 Å². The maximum Gasteiger partial charge on any atom is 0.252 e. The van der Waals surface area contributed by atoms with E-state index in [1.54, 1.807) is 0 Å². The Kier molecular flexibility index (Phi) is 6.59. The molecule has 5 heteroatoms. The summed E-state index contributed by atoms with van der Waals surface area (Å²) < 4.78 is 0. The lowest BCUT2D eigenvalue weighted by atomic mass is 9.66. The first-order chi connectivity index (χ1) is 11.8. The molecule has 1 aliphatic rings. The van der Waals surface area contributed by atoms with Crippen molar-refractivity contribution in [2.45, 2.75) is 52.2 Å². The third-order valence-electron chi connectivity index (χ3n) is 5.18. The van der Waals surface area contributed by atoms with Crippen LogP contribution in [0.25, 0.3) is 0 Å². The number of hydrogen-bond acceptors (Lipinski definition) is 3. The first-order valence-corrected chi connectivity index (χ1v) is 9.14. The van der Waals surface area contributed by atoms with Gasteiger partial charge < -0.3 is 15.7 Å².